The molecule has 33 heavy (non-hydrogen) atoms. The molecule has 0 aliphatic heterocycles. The Morgan fingerprint density at radius 2 is 1.45 bits per heavy atom. The number of halogens is 8. The molecule has 2 nitrogen and oxygen atoms in total. The Balaban J connectivity index is 2.08. The smallest absolute Gasteiger partial charge is 0.429 e. The lowest BCUT2D eigenvalue weighted by atomic mass is 9.97. The van der Waals surface area contributed by atoms with Gasteiger partial charge in [0.1, 0.15) is 22.9 Å². The van der Waals surface area contributed by atoms with E-state index in [0.717, 1.165) is 25.0 Å². The molecule has 10 heteroatoms. The van der Waals surface area contributed by atoms with Crippen LogP contribution in [0.15, 0.2) is 36.4 Å². The second kappa shape index (κ2) is 9.29. The fourth-order valence-corrected chi connectivity index (χ4v) is 3.20. The third-order valence-electron chi connectivity index (χ3n) is 4.80. The maximum atomic E-state index is 15.0. The van der Waals surface area contributed by atoms with Crippen LogP contribution in [0, 0.1) is 34.9 Å². The van der Waals surface area contributed by atoms with E-state index in [1.54, 1.807) is 0 Å². The molecule has 0 aromatic heterocycles. The van der Waals surface area contributed by atoms with E-state index in [-0.39, 0.29) is 18.2 Å². The van der Waals surface area contributed by atoms with E-state index in [2.05, 4.69) is 4.74 Å². The van der Waals surface area contributed by atoms with Gasteiger partial charge in [0.25, 0.3) is 0 Å². The summed E-state index contributed by atoms with van der Waals surface area (Å²) in [6.45, 7) is 1.90. The summed E-state index contributed by atoms with van der Waals surface area (Å²) >= 11 is 0. The van der Waals surface area contributed by atoms with Gasteiger partial charge < -0.3 is 4.74 Å². The van der Waals surface area contributed by atoms with Crippen LogP contribution in [0.2, 0.25) is 0 Å². The number of ether oxygens (including phenoxy) is 1. The van der Waals surface area contributed by atoms with Crippen LogP contribution in [-0.4, -0.2) is 0 Å². The zero-order valence-corrected chi connectivity index (χ0v) is 16.9. The molecule has 175 valence electrons. The lowest BCUT2D eigenvalue weighted by Gasteiger charge is -2.21. The molecule has 0 aliphatic carbocycles. The molecule has 0 atom stereocenters. The molecule has 3 aromatic rings. The van der Waals surface area contributed by atoms with Crippen LogP contribution in [0.1, 0.15) is 30.9 Å². The molecular weight excluding hydrogens is 460 g/mol. The summed E-state index contributed by atoms with van der Waals surface area (Å²) < 4.78 is 117. The predicted octanol–water partition coefficient (Wildman–Crippen LogP) is 7.80. The van der Waals surface area contributed by atoms with Gasteiger partial charge in [-0.3, -0.25) is 5.11 Å². The molecule has 0 amide bonds. The van der Waals surface area contributed by atoms with Crippen LogP contribution in [0.4, 0.5) is 35.1 Å². The summed E-state index contributed by atoms with van der Waals surface area (Å²) in [5, 5.41) is 12.2. The highest BCUT2D eigenvalue weighted by Gasteiger charge is 2.43. The molecule has 3 aromatic carbocycles. The van der Waals surface area contributed by atoms with Crippen molar-refractivity contribution in [2.75, 3.05) is 0 Å². The molecule has 0 unspecified atom stereocenters. The number of hydrogen-bond acceptors (Lipinski definition) is 1. The average Bonchev–Trinajstić information content (AvgIpc) is 2.70. The van der Waals surface area contributed by atoms with Gasteiger partial charge in [-0.25, -0.2) is 26.3 Å². The van der Waals surface area contributed by atoms with Gasteiger partial charge in [-0.05, 0) is 24.5 Å². The number of hydrogen-bond donors (Lipinski definition) is 0. The van der Waals surface area contributed by atoms with E-state index in [9.17, 15) is 35.8 Å². The van der Waals surface area contributed by atoms with E-state index in [4.69, 9.17) is 0 Å². The lowest BCUT2D eigenvalue weighted by Crippen LogP contribution is -2.26. The number of aryl methyl sites for hydroxylation is 1. The Hall–Kier alpha value is -3.30. The molecule has 0 saturated heterocycles. The Labute approximate surface area is 183 Å². The van der Waals surface area contributed by atoms with Crippen molar-refractivity contribution in [1.29, 1.82) is 0 Å². The molecule has 0 heterocycles. The van der Waals surface area contributed by atoms with Crippen molar-refractivity contribution in [1.82, 2.24) is 0 Å². The second-order valence-corrected chi connectivity index (χ2v) is 7.16. The summed E-state index contributed by atoms with van der Waals surface area (Å²) in [5.41, 5.74) is -3.43. The molecule has 0 N–H and O–H groups in total. The van der Waals surface area contributed by atoms with Crippen molar-refractivity contribution in [3.63, 3.8) is 0 Å². The second-order valence-electron chi connectivity index (χ2n) is 7.16. The summed E-state index contributed by atoms with van der Waals surface area (Å²) in [6.07, 6.45) is -2.91. The van der Waals surface area contributed by atoms with Gasteiger partial charge >= 0.3 is 6.11 Å². The van der Waals surface area contributed by atoms with Crippen LogP contribution in [0.5, 0.6) is 11.5 Å². The average molecular weight is 475 g/mol. The van der Waals surface area contributed by atoms with E-state index in [1.165, 1.54) is 6.07 Å². The summed E-state index contributed by atoms with van der Waals surface area (Å²) in [7, 11) is 0. The molecule has 0 bridgehead atoms. The first kappa shape index (κ1) is 24.3. The standard InChI is InChI=1S/C23H15F8O2/c1-2-3-4-11-5-6-13(14(24)7-11)19-18(32)10-15(25)20(22(19)29)23(30,31)33-12-8-16(26)21(28)17(27)9-12/h5-10H,2-4H2,1H3. The van der Waals surface area contributed by atoms with Gasteiger partial charge in [-0.1, -0.05) is 25.5 Å². The molecular formula is C23H15F8O2. The molecule has 0 fully saturated rings. The van der Waals surface area contributed by atoms with E-state index >= 15 is 4.39 Å². The Bertz CT molecular complexity index is 1170. The largest absolute Gasteiger partial charge is 0.432 e. The highest BCUT2D eigenvalue weighted by atomic mass is 19.3. The maximum Gasteiger partial charge on any atom is 0.432 e. The first-order valence-electron chi connectivity index (χ1n) is 9.65. The minimum absolute atomic E-state index is 0.0152. The van der Waals surface area contributed by atoms with Crippen molar-refractivity contribution in [2.45, 2.75) is 32.3 Å². The van der Waals surface area contributed by atoms with Crippen molar-refractivity contribution in [3.05, 3.63) is 82.4 Å². The van der Waals surface area contributed by atoms with Crippen molar-refractivity contribution >= 4 is 0 Å². The molecule has 0 saturated carbocycles. The van der Waals surface area contributed by atoms with Gasteiger partial charge in [-0.2, -0.15) is 8.78 Å². The third kappa shape index (κ3) is 4.89. The zero-order chi connectivity index (χ0) is 24.5. The summed E-state index contributed by atoms with van der Waals surface area (Å²) in [4.78, 5) is 0. The number of alkyl halides is 2. The highest BCUT2D eigenvalue weighted by Crippen LogP contribution is 2.43. The fraction of sp³-hybridized carbons (Fsp3) is 0.217. The summed E-state index contributed by atoms with van der Waals surface area (Å²) in [5.74, 6) is -13.7. The topological polar surface area (TPSA) is 29.1 Å². The van der Waals surface area contributed by atoms with Crippen LogP contribution < -0.4 is 4.74 Å². The lowest BCUT2D eigenvalue weighted by molar-refractivity contribution is -0.189. The highest BCUT2D eigenvalue weighted by molar-refractivity contribution is 5.72. The molecule has 0 spiro atoms. The first-order chi connectivity index (χ1) is 15.5. The monoisotopic (exact) mass is 475 g/mol. The normalized spacial score (nSPS) is 11.7. The number of unbranched alkanes of at least 4 members (excludes halogenated alkanes) is 1. The van der Waals surface area contributed by atoms with Gasteiger partial charge in [-0.15, -0.1) is 0 Å². The van der Waals surface area contributed by atoms with Crippen molar-refractivity contribution in [3.8, 4) is 22.6 Å². The quantitative estimate of drug-likeness (QED) is 0.253. The van der Waals surface area contributed by atoms with Crippen molar-refractivity contribution < 1.29 is 45.0 Å². The van der Waals surface area contributed by atoms with E-state index < -0.39 is 69.2 Å². The van der Waals surface area contributed by atoms with Crippen LogP contribution in [0.25, 0.3) is 11.1 Å². The Morgan fingerprint density at radius 1 is 0.818 bits per heavy atom. The SMILES string of the molecule is CCCCc1ccc(-c2c([O])cc(F)c(C(F)(F)Oc3cc(F)c(F)c(F)c3)c2F)c(F)c1. The van der Waals surface area contributed by atoms with Crippen LogP contribution in [0.3, 0.4) is 0 Å². The number of benzene rings is 3. The van der Waals surface area contributed by atoms with Crippen LogP contribution >= 0.6 is 0 Å². The molecule has 0 aliphatic rings. The Morgan fingerprint density at radius 3 is 2.03 bits per heavy atom. The maximum absolute atomic E-state index is 15.0. The predicted molar refractivity (Wildman–Crippen MR) is 101 cm³/mol. The summed E-state index contributed by atoms with van der Waals surface area (Å²) in [6, 6.07) is 3.48. The van der Waals surface area contributed by atoms with E-state index in [0.29, 0.717) is 12.0 Å². The third-order valence-corrected chi connectivity index (χ3v) is 4.80. The number of rotatable bonds is 7. The minimum Gasteiger partial charge on any atom is -0.429 e. The van der Waals surface area contributed by atoms with Gasteiger partial charge in [0, 0.05) is 23.8 Å². The molecule has 1 radical (unpaired) electrons. The van der Waals surface area contributed by atoms with Crippen molar-refractivity contribution in [2.24, 2.45) is 0 Å². The zero-order valence-electron chi connectivity index (χ0n) is 16.9. The van der Waals surface area contributed by atoms with Gasteiger partial charge in [0.05, 0.1) is 5.56 Å². The van der Waals surface area contributed by atoms with Gasteiger partial charge in [0.15, 0.2) is 29.0 Å². The first-order valence-corrected chi connectivity index (χ1v) is 9.65. The van der Waals surface area contributed by atoms with E-state index in [1.807, 2.05) is 6.92 Å². The minimum atomic E-state index is -4.91. The molecule has 3 rings (SSSR count). The van der Waals surface area contributed by atoms with Crippen LogP contribution in [-0.2, 0) is 17.6 Å². The van der Waals surface area contributed by atoms with Gasteiger partial charge in [0.2, 0.25) is 0 Å². The fourth-order valence-electron chi connectivity index (χ4n) is 3.20. The Kier molecular flexibility index (Phi) is 6.85.